The molecule has 0 saturated heterocycles. The summed E-state index contributed by atoms with van der Waals surface area (Å²) >= 11 is 0. The third kappa shape index (κ3) is 42.7. The molecule has 0 aromatic heterocycles. The van der Waals surface area contributed by atoms with Gasteiger partial charge in [0, 0.05) is 6.42 Å². The Morgan fingerprint density at radius 3 is 1.26 bits per heavy atom. The Hall–Kier alpha value is -1.45. The normalized spacial score (nSPS) is 13.8. The summed E-state index contributed by atoms with van der Waals surface area (Å²) in [6.45, 7) is 3.32. The fourth-order valence-corrected chi connectivity index (χ4v) is 7.88. The second-order valence-corrected chi connectivity index (χ2v) is 18.1. The van der Waals surface area contributed by atoms with Gasteiger partial charge in [0.15, 0.2) is 6.10 Å². The molecule has 58 heavy (non-hydrogen) atoms. The van der Waals surface area contributed by atoms with Crippen LogP contribution in [-0.4, -0.2) is 53.9 Å². The van der Waals surface area contributed by atoms with Gasteiger partial charge >= 0.3 is 19.8 Å². The van der Waals surface area contributed by atoms with E-state index in [1.807, 2.05) is 6.08 Å². The van der Waals surface area contributed by atoms with Gasteiger partial charge in [-0.05, 0) is 25.3 Å². The molecule has 0 aliphatic rings. The average Bonchev–Trinajstić information content (AvgIpc) is 3.20. The second kappa shape index (κ2) is 43.6. The van der Waals surface area contributed by atoms with Crippen LogP contribution in [0.3, 0.4) is 0 Å². The smallest absolute Gasteiger partial charge is 0.472 e. The van der Waals surface area contributed by atoms with Crippen LogP contribution in [0.5, 0.6) is 0 Å². The summed E-state index contributed by atoms with van der Waals surface area (Å²) in [7, 11) is -4.63. The van der Waals surface area contributed by atoms with E-state index in [4.69, 9.17) is 29.4 Å². The number of allylic oxidation sites excluding steroid dienone is 1. The molecule has 4 N–H and O–H groups in total. The SMILES string of the molecule is CCCCCCCCCCCCCCCCCC/C=C\OC[C@H](COP(=O)(O)OC[C@H](N)C(=O)O)OC(=O)CCCCCCCCCCCCCCCCCCCC. The number of aliphatic carboxylic acids is 1. The monoisotopic (exact) mass is 846 g/mol. The topological polar surface area (TPSA) is 155 Å². The molecule has 11 heteroatoms. The van der Waals surface area contributed by atoms with Crippen LogP contribution in [-0.2, 0) is 32.7 Å². The van der Waals surface area contributed by atoms with Crippen LogP contribution in [0.25, 0.3) is 0 Å². The molecule has 0 spiro atoms. The van der Waals surface area contributed by atoms with Gasteiger partial charge in [-0.15, -0.1) is 0 Å². The molecule has 0 fully saturated rings. The molecule has 0 radical (unpaired) electrons. The quantitative estimate of drug-likeness (QED) is 0.0233. The average molecular weight is 846 g/mol. The first-order chi connectivity index (χ1) is 28.2. The summed E-state index contributed by atoms with van der Waals surface area (Å²) in [5.41, 5.74) is 5.36. The predicted octanol–water partition coefficient (Wildman–Crippen LogP) is 14.1. The number of carbonyl (C=O) groups is 2. The minimum atomic E-state index is -4.63. The van der Waals surface area contributed by atoms with Crippen molar-refractivity contribution in [2.24, 2.45) is 5.73 Å². The maximum absolute atomic E-state index is 12.7. The molecule has 0 heterocycles. The Labute approximate surface area is 356 Å². The fraction of sp³-hybridized carbons (Fsp3) is 0.915. The third-order valence-corrected chi connectivity index (χ3v) is 11.8. The Kier molecular flexibility index (Phi) is 42.5. The van der Waals surface area contributed by atoms with Gasteiger partial charge in [-0.1, -0.05) is 219 Å². The molecule has 0 aromatic rings. The van der Waals surface area contributed by atoms with Gasteiger partial charge in [0.1, 0.15) is 12.6 Å². The van der Waals surface area contributed by atoms with E-state index in [-0.39, 0.29) is 13.0 Å². The van der Waals surface area contributed by atoms with Crippen LogP contribution in [0.15, 0.2) is 12.3 Å². The zero-order chi connectivity index (χ0) is 42.6. The Balaban J connectivity index is 4.18. The molecule has 0 rings (SSSR count). The van der Waals surface area contributed by atoms with Gasteiger partial charge < -0.3 is 25.2 Å². The minimum absolute atomic E-state index is 0.0606. The van der Waals surface area contributed by atoms with E-state index in [0.29, 0.717) is 6.42 Å². The number of esters is 1. The predicted molar refractivity (Wildman–Crippen MR) is 240 cm³/mol. The van der Waals surface area contributed by atoms with E-state index in [9.17, 15) is 19.0 Å². The number of hydrogen-bond acceptors (Lipinski definition) is 8. The van der Waals surface area contributed by atoms with Gasteiger partial charge in [0.05, 0.1) is 19.5 Å². The zero-order valence-electron chi connectivity index (χ0n) is 37.7. The molecule has 0 aliphatic heterocycles. The van der Waals surface area contributed by atoms with E-state index in [1.54, 1.807) is 6.26 Å². The van der Waals surface area contributed by atoms with Crippen LogP contribution in [0.4, 0.5) is 0 Å². The highest BCUT2D eigenvalue weighted by atomic mass is 31.2. The van der Waals surface area contributed by atoms with E-state index >= 15 is 0 Å². The highest BCUT2D eigenvalue weighted by Crippen LogP contribution is 2.43. The van der Waals surface area contributed by atoms with E-state index in [0.717, 1.165) is 25.7 Å². The number of unbranched alkanes of at least 4 members (excludes halogenated alkanes) is 33. The van der Waals surface area contributed by atoms with Crippen LogP contribution in [0.2, 0.25) is 0 Å². The van der Waals surface area contributed by atoms with Crippen molar-refractivity contribution in [2.45, 2.75) is 257 Å². The number of carboxylic acid groups (broad SMARTS) is 1. The highest BCUT2D eigenvalue weighted by Gasteiger charge is 2.27. The number of carbonyl (C=O) groups excluding carboxylic acids is 1. The molecule has 344 valence electrons. The lowest BCUT2D eigenvalue weighted by atomic mass is 10.0. The second-order valence-electron chi connectivity index (χ2n) is 16.7. The molecule has 0 saturated carbocycles. The van der Waals surface area contributed by atoms with Gasteiger partial charge in [0.2, 0.25) is 0 Å². The highest BCUT2D eigenvalue weighted by molar-refractivity contribution is 7.47. The van der Waals surface area contributed by atoms with Gasteiger partial charge in [-0.2, -0.15) is 0 Å². The first-order valence-corrected chi connectivity index (χ1v) is 25.8. The van der Waals surface area contributed by atoms with Crippen molar-refractivity contribution < 1.29 is 42.7 Å². The summed E-state index contributed by atoms with van der Waals surface area (Å²) in [5, 5.41) is 8.91. The maximum Gasteiger partial charge on any atom is 0.472 e. The summed E-state index contributed by atoms with van der Waals surface area (Å²) in [5.74, 6) is -1.79. The largest absolute Gasteiger partial charge is 0.498 e. The standard InChI is InChI=1S/C47H92NO9P/c1-3-5-7-9-11-13-15-17-19-21-23-25-27-29-31-33-35-37-39-46(49)57-44(42-55-58(52,53)56-43-45(48)47(50)51)41-54-40-38-36-34-32-30-28-26-24-22-20-18-16-14-12-10-8-6-4-2/h38,40,44-45H,3-37,39,41-43,48H2,1-2H3,(H,50,51)(H,52,53)/b40-38-/t44-,45+/m1/s1. The maximum atomic E-state index is 12.7. The molecule has 10 nitrogen and oxygen atoms in total. The summed E-state index contributed by atoms with van der Waals surface area (Å²) < 4.78 is 33.2. The van der Waals surface area contributed by atoms with Crippen molar-refractivity contribution in [3.8, 4) is 0 Å². The van der Waals surface area contributed by atoms with Gasteiger partial charge in [0.25, 0.3) is 0 Å². The Morgan fingerprint density at radius 1 is 0.534 bits per heavy atom. The van der Waals surface area contributed by atoms with Crippen molar-refractivity contribution in [3.63, 3.8) is 0 Å². The molecular weight excluding hydrogens is 753 g/mol. The number of hydrogen-bond donors (Lipinski definition) is 3. The number of phosphoric acid groups is 1. The Morgan fingerprint density at radius 2 is 0.879 bits per heavy atom. The lowest BCUT2D eigenvalue weighted by Gasteiger charge is -2.20. The Bertz CT molecular complexity index is 982. The molecule has 0 bridgehead atoms. The summed E-state index contributed by atoms with van der Waals surface area (Å²) in [4.78, 5) is 33.6. The van der Waals surface area contributed by atoms with Gasteiger partial charge in [-0.25, -0.2) is 4.57 Å². The molecular formula is C47H92NO9P. The first kappa shape index (κ1) is 56.5. The van der Waals surface area contributed by atoms with E-state index in [1.165, 1.54) is 193 Å². The summed E-state index contributed by atoms with van der Waals surface area (Å²) in [6, 6.07) is -1.48. The molecule has 0 aromatic carbocycles. The fourth-order valence-electron chi connectivity index (χ4n) is 7.10. The van der Waals surface area contributed by atoms with Crippen LogP contribution >= 0.6 is 7.82 Å². The van der Waals surface area contributed by atoms with Crippen molar-refractivity contribution >= 4 is 19.8 Å². The van der Waals surface area contributed by atoms with Crippen molar-refractivity contribution in [2.75, 3.05) is 19.8 Å². The number of ether oxygens (including phenoxy) is 2. The number of rotatable bonds is 47. The van der Waals surface area contributed by atoms with Gasteiger partial charge in [-0.3, -0.25) is 18.6 Å². The van der Waals surface area contributed by atoms with E-state index < -0.39 is 45.1 Å². The van der Waals surface area contributed by atoms with Crippen LogP contribution in [0, 0.1) is 0 Å². The molecule has 1 unspecified atom stereocenters. The number of carboxylic acids is 1. The van der Waals surface area contributed by atoms with Crippen molar-refractivity contribution in [3.05, 3.63) is 12.3 Å². The lowest BCUT2D eigenvalue weighted by Crippen LogP contribution is -2.34. The molecule has 3 atom stereocenters. The van der Waals surface area contributed by atoms with Crippen LogP contribution in [0.1, 0.15) is 245 Å². The lowest BCUT2D eigenvalue weighted by molar-refractivity contribution is -0.153. The molecule has 0 amide bonds. The first-order valence-electron chi connectivity index (χ1n) is 24.3. The van der Waals surface area contributed by atoms with Crippen molar-refractivity contribution in [1.29, 1.82) is 0 Å². The molecule has 0 aliphatic carbocycles. The minimum Gasteiger partial charge on any atom is -0.498 e. The van der Waals surface area contributed by atoms with Crippen LogP contribution < -0.4 is 5.73 Å². The third-order valence-electron chi connectivity index (χ3n) is 10.9. The zero-order valence-corrected chi connectivity index (χ0v) is 38.6. The number of phosphoric ester groups is 1. The summed E-state index contributed by atoms with van der Waals surface area (Å²) in [6.07, 6.45) is 47.8. The van der Waals surface area contributed by atoms with Crippen molar-refractivity contribution in [1.82, 2.24) is 0 Å². The van der Waals surface area contributed by atoms with E-state index in [2.05, 4.69) is 13.8 Å². The number of nitrogens with two attached hydrogens (primary N) is 1.